The third kappa shape index (κ3) is 8.96. The molecule has 0 heterocycles. The maximum absolute atomic E-state index is 12.7. The van der Waals surface area contributed by atoms with Crippen LogP contribution in [0.15, 0.2) is 0 Å². The van der Waals surface area contributed by atoms with E-state index >= 15 is 0 Å². The molecule has 0 rings (SSSR count). The van der Waals surface area contributed by atoms with Crippen molar-refractivity contribution < 1.29 is 22.7 Å². The molecule has 0 aliphatic rings. The van der Waals surface area contributed by atoms with Crippen LogP contribution in [0, 0.1) is 5.92 Å². The van der Waals surface area contributed by atoms with E-state index in [0.29, 0.717) is 12.8 Å². The fourth-order valence-electron chi connectivity index (χ4n) is 2.13. The second-order valence-corrected chi connectivity index (χ2v) is 5.40. The highest BCUT2D eigenvalue weighted by molar-refractivity contribution is 5.73. The maximum atomic E-state index is 12.7. The lowest BCUT2D eigenvalue weighted by molar-refractivity contribution is -0.177. The molecule has 0 aliphatic carbocycles. The molecule has 21 heavy (non-hydrogen) atoms. The number of ether oxygens (including phenoxy) is 1. The Morgan fingerprint density at radius 1 is 1.05 bits per heavy atom. The fraction of sp³-hybridized carbons (Fsp3) is 0.933. The zero-order valence-corrected chi connectivity index (χ0v) is 13.0. The summed E-state index contributed by atoms with van der Waals surface area (Å²) in [4.78, 5) is 11.8. The number of hydrogen-bond acceptors (Lipinski definition) is 3. The molecule has 0 radical (unpaired) electrons. The summed E-state index contributed by atoms with van der Waals surface area (Å²) in [5, 5.41) is 0. The molecule has 6 heteroatoms. The van der Waals surface area contributed by atoms with Crippen molar-refractivity contribution in [3.63, 3.8) is 0 Å². The van der Waals surface area contributed by atoms with Crippen LogP contribution >= 0.6 is 0 Å². The van der Waals surface area contributed by atoms with Crippen LogP contribution in [0.1, 0.15) is 65.2 Å². The van der Waals surface area contributed by atoms with Crippen molar-refractivity contribution in [1.29, 1.82) is 0 Å². The average molecular weight is 311 g/mol. The summed E-state index contributed by atoms with van der Waals surface area (Å²) in [5.74, 6) is -2.11. The van der Waals surface area contributed by atoms with E-state index in [2.05, 4.69) is 6.92 Å². The van der Waals surface area contributed by atoms with E-state index in [9.17, 15) is 18.0 Å². The Morgan fingerprint density at radius 2 is 1.62 bits per heavy atom. The monoisotopic (exact) mass is 311 g/mol. The summed E-state index contributed by atoms with van der Waals surface area (Å²) >= 11 is 0. The molecule has 0 aromatic rings. The van der Waals surface area contributed by atoms with Gasteiger partial charge in [-0.15, -0.1) is 0 Å². The molecule has 0 aromatic carbocycles. The highest BCUT2D eigenvalue weighted by Crippen LogP contribution is 2.28. The Labute approximate surface area is 125 Å². The number of carbonyl (C=O) groups is 1. The first-order chi connectivity index (χ1) is 9.84. The predicted octanol–water partition coefficient (Wildman–Crippen LogP) is 4.20. The zero-order valence-electron chi connectivity index (χ0n) is 13.0. The van der Waals surface area contributed by atoms with Gasteiger partial charge in [-0.2, -0.15) is 13.2 Å². The molecule has 126 valence electrons. The van der Waals surface area contributed by atoms with Crippen LogP contribution in [0.3, 0.4) is 0 Å². The topological polar surface area (TPSA) is 52.3 Å². The predicted molar refractivity (Wildman–Crippen MR) is 76.8 cm³/mol. The minimum Gasteiger partial charge on any atom is -0.465 e. The molecule has 0 bridgehead atoms. The molecule has 2 atom stereocenters. The number of alkyl halides is 3. The Morgan fingerprint density at radius 3 is 2.14 bits per heavy atom. The van der Waals surface area contributed by atoms with Gasteiger partial charge in [0.25, 0.3) is 0 Å². The average Bonchev–Trinajstić information content (AvgIpc) is 2.42. The summed E-state index contributed by atoms with van der Waals surface area (Å²) in [7, 11) is 0. The molecule has 0 spiro atoms. The van der Waals surface area contributed by atoms with E-state index in [0.717, 1.165) is 32.1 Å². The third-order valence-corrected chi connectivity index (χ3v) is 3.43. The van der Waals surface area contributed by atoms with Crippen molar-refractivity contribution in [1.82, 2.24) is 0 Å². The standard InChI is InChI=1S/C15H28F3NO2/c1-3-5-6-7-8-9-10-12(13(19)15(16,17)18)14(20)21-11-4-2/h12-13H,3-11,19H2,1-2H3/t12-,13-/m1/s1. The minimum absolute atomic E-state index is 0.134. The molecular formula is C15H28F3NO2. The lowest BCUT2D eigenvalue weighted by Gasteiger charge is -2.24. The van der Waals surface area contributed by atoms with Crippen molar-refractivity contribution in [2.45, 2.75) is 77.4 Å². The van der Waals surface area contributed by atoms with E-state index in [1.807, 2.05) is 0 Å². The van der Waals surface area contributed by atoms with Crippen LogP contribution in [0.4, 0.5) is 13.2 Å². The van der Waals surface area contributed by atoms with Crippen LogP contribution in [0.25, 0.3) is 0 Å². The Bertz CT molecular complexity index is 283. The first-order valence-electron chi connectivity index (χ1n) is 7.83. The van der Waals surface area contributed by atoms with Gasteiger partial charge in [-0.25, -0.2) is 0 Å². The second-order valence-electron chi connectivity index (χ2n) is 5.40. The Hall–Kier alpha value is -0.780. The first-order valence-corrected chi connectivity index (χ1v) is 7.83. The molecule has 0 saturated heterocycles. The fourth-order valence-corrected chi connectivity index (χ4v) is 2.13. The molecule has 0 unspecified atom stereocenters. The molecule has 0 aliphatic heterocycles. The van der Waals surface area contributed by atoms with E-state index < -0.39 is 24.1 Å². The summed E-state index contributed by atoms with van der Waals surface area (Å²) in [6.45, 7) is 4.03. The van der Waals surface area contributed by atoms with Gasteiger partial charge in [0, 0.05) is 0 Å². The van der Waals surface area contributed by atoms with Gasteiger partial charge in [-0.3, -0.25) is 4.79 Å². The number of halogens is 3. The highest BCUT2D eigenvalue weighted by atomic mass is 19.4. The largest absolute Gasteiger partial charge is 0.465 e. The first kappa shape index (κ1) is 20.2. The Kier molecular flexibility index (Phi) is 10.5. The van der Waals surface area contributed by atoms with E-state index in [1.165, 1.54) is 0 Å². The lowest BCUT2D eigenvalue weighted by Crippen LogP contribution is -2.47. The zero-order chi connectivity index (χ0) is 16.3. The summed E-state index contributed by atoms with van der Waals surface area (Å²) in [6.07, 6.45) is 1.83. The molecule has 0 aromatic heterocycles. The number of nitrogens with two attached hydrogens (primary N) is 1. The van der Waals surface area contributed by atoms with Gasteiger partial charge < -0.3 is 10.5 Å². The normalized spacial score (nSPS) is 14.8. The quantitative estimate of drug-likeness (QED) is 0.459. The lowest BCUT2D eigenvalue weighted by atomic mass is 9.93. The minimum atomic E-state index is -4.57. The van der Waals surface area contributed by atoms with Gasteiger partial charge in [-0.1, -0.05) is 52.4 Å². The molecule has 0 amide bonds. The number of carbonyl (C=O) groups excluding carboxylic acids is 1. The van der Waals surface area contributed by atoms with E-state index in [1.54, 1.807) is 6.92 Å². The van der Waals surface area contributed by atoms with Crippen LogP contribution in [0.5, 0.6) is 0 Å². The van der Waals surface area contributed by atoms with E-state index in [-0.39, 0.29) is 13.0 Å². The van der Waals surface area contributed by atoms with Crippen molar-refractivity contribution in [2.24, 2.45) is 11.7 Å². The van der Waals surface area contributed by atoms with Gasteiger partial charge in [0.15, 0.2) is 0 Å². The van der Waals surface area contributed by atoms with Gasteiger partial charge in [0.05, 0.1) is 12.5 Å². The van der Waals surface area contributed by atoms with Gasteiger partial charge >= 0.3 is 12.1 Å². The van der Waals surface area contributed by atoms with Crippen molar-refractivity contribution >= 4 is 5.97 Å². The smallest absolute Gasteiger partial charge is 0.404 e. The van der Waals surface area contributed by atoms with Crippen LogP contribution in [-0.2, 0) is 9.53 Å². The Balaban J connectivity index is 4.35. The van der Waals surface area contributed by atoms with E-state index in [4.69, 9.17) is 10.5 Å². The van der Waals surface area contributed by atoms with Gasteiger partial charge in [0.2, 0.25) is 0 Å². The highest BCUT2D eigenvalue weighted by Gasteiger charge is 2.45. The molecule has 0 saturated carbocycles. The number of rotatable bonds is 11. The molecular weight excluding hydrogens is 283 g/mol. The molecule has 0 fully saturated rings. The number of hydrogen-bond donors (Lipinski definition) is 1. The van der Waals surface area contributed by atoms with Crippen LogP contribution in [-0.4, -0.2) is 24.8 Å². The summed E-state index contributed by atoms with van der Waals surface area (Å²) in [6, 6.07) is -2.14. The van der Waals surface area contributed by atoms with Gasteiger partial charge in [-0.05, 0) is 12.8 Å². The number of unbranched alkanes of at least 4 members (excludes halogenated alkanes) is 5. The van der Waals surface area contributed by atoms with Gasteiger partial charge in [0.1, 0.15) is 6.04 Å². The molecule has 3 nitrogen and oxygen atoms in total. The molecule has 2 N–H and O–H groups in total. The number of esters is 1. The third-order valence-electron chi connectivity index (χ3n) is 3.43. The van der Waals surface area contributed by atoms with Crippen LogP contribution in [0.2, 0.25) is 0 Å². The summed E-state index contributed by atoms with van der Waals surface area (Å²) in [5.41, 5.74) is 5.20. The van der Waals surface area contributed by atoms with Crippen molar-refractivity contribution in [3.05, 3.63) is 0 Å². The maximum Gasteiger partial charge on any atom is 0.404 e. The second kappa shape index (κ2) is 10.9. The van der Waals surface area contributed by atoms with Crippen LogP contribution < -0.4 is 5.73 Å². The summed E-state index contributed by atoms with van der Waals surface area (Å²) < 4.78 is 43.0. The van der Waals surface area contributed by atoms with Crippen molar-refractivity contribution in [2.75, 3.05) is 6.61 Å². The van der Waals surface area contributed by atoms with Crippen molar-refractivity contribution in [3.8, 4) is 0 Å². The SMILES string of the molecule is CCCCCCCC[C@@H](C(=O)OCCC)[C@@H](N)C(F)(F)F.